The van der Waals surface area contributed by atoms with E-state index in [4.69, 9.17) is 10.6 Å². The highest BCUT2D eigenvalue weighted by molar-refractivity contribution is 5.80. The number of carbonyl (C=O) groups is 1. The Kier molecular flexibility index (Phi) is 4.00. The molecule has 92 valence electrons. The molecule has 0 spiro atoms. The number of benzene rings is 1. The zero-order chi connectivity index (χ0) is 13.0. The van der Waals surface area contributed by atoms with Gasteiger partial charge in [-0.2, -0.15) is 0 Å². The average molecular weight is 239 g/mol. The van der Waals surface area contributed by atoms with Crippen LogP contribution in [0.4, 0.5) is 5.69 Å². The Hall–Kier alpha value is -2.15. The van der Waals surface area contributed by atoms with Gasteiger partial charge in [-0.05, 0) is 19.4 Å². The Morgan fingerprint density at radius 3 is 2.76 bits per heavy atom. The van der Waals surface area contributed by atoms with Gasteiger partial charge >= 0.3 is 5.69 Å². The van der Waals surface area contributed by atoms with Crippen molar-refractivity contribution < 1.29 is 14.5 Å². The Bertz CT molecular complexity index is 447. The SMILES string of the molecule is Cc1cccc([N+](=O)[O-])c1OC(C)C(=O)NN. The third-order valence-electron chi connectivity index (χ3n) is 2.19. The molecule has 3 N–H and O–H groups in total. The van der Waals surface area contributed by atoms with Crippen molar-refractivity contribution in [2.24, 2.45) is 5.84 Å². The van der Waals surface area contributed by atoms with Crippen LogP contribution in [0.5, 0.6) is 5.75 Å². The molecule has 0 fully saturated rings. The maximum absolute atomic E-state index is 11.2. The standard InChI is InChI=1S/C10H13N3O4/c1-6-4-3-5-8(13(15)16)9(6)17-7(2)10(14)12-11/h3-5,7H,11H2,1-2H3,(H,12,14). The fourth-order valence-electron chi connectivity index (χ4n) is 1.28. The number of nitrogens with zero attached hydrogens (tertiary/aromatic N) is 1. The van der Waals surface area contributed by atoms with E-state index in [0.717, 1.165) is 0 Å². The number of hydrazine groups is 1. The first kappa shape index (κ1) is 12.9. The number of ether oxygens (including phenoxy) is 1. The number of aryl methyl sites for hydroxylation is 1. The molecule has 1 atom stereocenters. The highest BCUT2D eigenvalue weighted by Crippen LogP contribution is 2.30. The lowest BCUT2D eigenvalue weighted by atomic mass is 10.2. The van der Waals surface area contributed by atoms with Crippen LogP contribution in [0.1, 0.15) is 12.5 Å². The number of nitro benzene ring substituents is 1. The van der Waals surface area contributed by atoms with Crippen LogP contribution < -0.4 is 16.0 Å². The maximum Gasteiger partial charge on any atom is 0.311 e. The summed E-state index contributed by atoms with van der Waals surface area (Å²) in [5.74, 6) is 4.47. The summed E-state index contributed by atoms with van der Waals surface area (Å²) in [4.78, 5) is 21.4. The van der Waals surface area contributed by atoms with Gasteiger partial charge in [0.25, 0.3) is 5.91 Å². The van der Waals surface area contributed by atoms with Crippen molar-refractivity contribution in [1.82, 2.24) is 5.43 Å². The predicted molar refractivity (Wildman–Crippen MR) is 60.3 cm³/mol. The zero-order valence-corrected chi connectivity index (χ0v) is 9.47. The first-order valence-electron chi connectivity index (χ1n) is 4.88. The van der Waals surface area contributed by atoms with E-state index < -0.39 is 16.9 Å². The molecule has 0 heterocycles. The summed E-state index contributed by atoms with van der Waals surface area (Å²) in [5, 5.41) is 10.8. The molecular formula is C10H13N3O4. The summed E-state index contributed by atoms with van der Waals surface area (Å²) in [7, 11) is 0. The quantitative estimate of drug-likeness (QED) is 0.347. The number of nitrogens with one attached hydrogen (secondary N) is 1. The Labute approximate surface area is 97.7 Å². The smallest absolute Gasteiger partial charge is 0.311 e. The number of rotatable bonds is 4. The van der Waals surface area contributed by atoms with Crippen molar-refractivity contribution in [1.29, 1.82) is 0 Å². The normalized spacial score (nSPS) is 11.7. The van der Waals surface area contributed by atoms with Gasteiger partial charge in [0.05, 0.1) is 4.92 Å². The first-order valence-corrected chi connectivity index (χ1v) is 4.88. The summed E-state index contributed by atoms with van der Waals surface area (Å²) in [6, 6.07) is 4.53. The molecule has 17 heavy (non-hydrogen) atoms. The van der Waals surface area contributed by atoms with E-state index in [9.17, 15) is 14.9 Å². The van der Waals surface area contributed by atoms with Gasteiger partial charge in [0, 0.05) is 6.07 Å². The number of hydrogen-bond acceptors (Lipinski definition) is 5. The Balaban J connectivity index is 3.05. The van der Waals surface area contributed by atoms with E-state index >= 15 is 0 Å². The highest BCUT2D eigenvalue weighted by atomic mass is 16.6. The van der Waals surface area contributed by atoms with E-state index in [1.165, 1.54) is 13.0 Å². The van der Waals surface area contributed by atoms with Crippen molar-refractivity contribution in [2.75, 3.05) is 0 Å². The first-order chi connectivity index (χ1) is 7.97. The minimum absolute atomic E-state index is 0.0774. The van der Waals surface area contributed by atoms with Crippen LogP contribution in [0.25, 0.3) is 0 Å². The molecule has 1 rings (SSSR count). The van der Waals surface area contributed by atoms with Crippen LogP contribution in [0.3, 0.4) is 0 Å². The van der Waals surface area contributed by atoms with Crippen LogP contribution in [0, 0.1) is 17.0 Å². The van der Waals surface area contributed by atoms with Gasteiger partial charge in [-0.3, -0.25) is 20.3 Å². The van der Waals surface area contributed by atoms with Gasteiger partial charge in [0.2, 0.25) is 5.75 Å². The lowest BCUT2D eigenvalue weighted by Crippen LogP contribution is -2.40. The largest absolute Gasteiger partial charge is 0.473 e. The molecule has 7 heteroatoms. The van der Waals surface area contributed by atoms with Crippen LogP contribution in [0.15, 0.2) is 18.2 Å². The van der Waals surface area contributed by atoms with E-state index in [-0.39, 0.29) is 11.4 Å². The Morgan fingerprint density at radius 1 is 1.59 bits per heavy atom. The fourth-order valence-corrected chi connectivity index (χ4v) is 1.28. The van der Waals surface area contributed by atoms with Crippen molar-refractivity contribution in [2.45, 2.75) is 20.0 Å². The number of carbonyl (C=O) groups excluding carboxylic acids is 1. The number of para-hydroxylation sites is 1. The second-order valence-electron chi connectivity index (χ2n) is 3.45. The van der Waals surface area contributed by atoms with Crippen LogP contribution in [0.2, 0.25) is 0 Å². The van der Waals surface area contributed by atoms with Gasteiger partial charge in [0.15, 0.2) is 6.10 Å². The third kappa shape index (κ3) is 2.91. The van der Waals surface area contributed by atoms with Crippen LogP contribution >= 0.6 is 0 Å². The summed E-state index contributed by atoms with van der Waals surface area (Å²) >= 11 is 0. The van der Waals surface area contributed by atoms with Gasteiger partial charge < -0.3 is 4.74 Å². The molecule has 1 unspecified atom stereocenters. The average Bonchev–Trinajstić information content (AvgIpc) is 2.30. The second kappa shape index (κ2) is 5.26. The lowest BCUT2D eigenvalue weighted by molar-refractivity contribution is -0.386. The van der Waals surface area contributed by atoms with Gasteiger partial charge in [-0.1, -0.05) is 12.1 Å². The molecule has 1 aromatic carbocycles. The molecule has 0 radical (unpaired) electrons. The third-order valence-corrected chi connectivity index (χ3v) is 2.19. The minimum Gasteiger partial charge on any atom is -0.473 e. The van der Waals surface area contributed by atoms with Crippen molar-refractivity contribution in [3.05, 3.63) is 33.9 Å². The summed E-state index contributed by atoms with van der Waals surface area (Å²) in [6.45, 7) is 3.12. The van der Waals surface area contributed by atoms with E-state index in [0.29, 0.717) is 5.56 Å². The van der Waals surface area contributed by atoms with Crippen molar-refractivity contribution in [3.63, 3.8) is 0 Å². The van der Waals surface area contributed by atoms with E-state index in [2.05, 4.69) is 0 Å². The predicted octanol–water partition coefficient (Wildman–Crippen LogP) is 0.660. The lowest BCUT2D eigenvalue weighted by Gasteiger charge is -2.14. The molecule has 0 aliphatic carbocycles. The number of amides is 1. The maximum atomic E-state index is 11.2. The van der Waals surface area contributed by atoms with Gasteiger partial charge in [0.1, 0.15) is 0 Å². The number of nitro groups is 1. The van der Waals surface area contributed by atoms with E-state index in [1.54, 1.807) is 19.1 Å². The van der Waals surface area contributed by atoms with Crippen LogP contribution in [-0.2, 0) is 4.79 Å². The topological polar surface area (TPSA) is 107 Å². The molecule has 0 aromatic heterocycles. The molecule has 7 nitrogen and oxygen atoms in total. The van der Waals surface area contributed by atoms with Crippen molar-refractivity contribution in [3.8, 4) is 5.75 Å². The van der Waals surface area contributed by atoms with Gasteiger partial charge in [-0.25, -0.2) is 5.84 Å². The summed E-state index contributed by atoms with van der Waals surface area (Å²) in [6.07, 6.45) is -0.903. The second-order valence-corrected chi connectivity index (χ2v) is 3.45. The molecule has 0 aliphatic heterocycles. The Morgan fingerprint density at radius 2 is 2.24 bits per heavy atom. The molecule has 0 saturated heterocycles. The highest BCUT2D eigenvalue weighted by Gasteiger charge is 2.22. The minimum atomic E-state index is -0.903. The summed E-state index contributed by atoms with van der Waals surface area (Å²) in [5.41, 5.74) is 2.32. The van der Waals surface area contributed by atoms with Crippen LogP contribution in [-0.4, -0.2) is 16.9 Å². The molecule has 0 saturated carbocycles. The van der Waals surface area contributed by atoms with E-state index in [1.807, 2.05) is 5.43 Å². The molecular weight excluding hydrogens is 226 g/mol. The molecule has 0 bridgehead atoms. The number of hydrogen-bond donors (Lipinski definition) is 2. The van der Waals surface area contributed by atoms with Crippen molar-refractivity contribution >= 4 is 11.6 Å². The molecule has 0 aliphatic rings. The molecule has 1 amide bonds. The summed E-state index contributed by atoms with van der Waals surface area (Å²) < 4.78 is 5.26. The van der Waals surface area contributed by atoms with Gasteiger partial charge in [-0.15, -0.1) is 0 Å². The number of nitrogens with two attached hydrogens (primary N) is 1. The monoisotopic (exact) mass is 239 g/mol. The fraction of sp³-hybridized carbons (Fsp3) is 0.300. The zero-order valence-electron chi connectivity index (χ0n) is 9.47. The molecule has 1 aromatic rings.